The molecule has 0 aromatic rings. The molecule has 0 aromatic heterocycles. The van der Waals surface area contributed by atoms with Gasteiger partial charge in [0.1, 0.15) is 17.9 Å². The molecule has 7 amide bonds. The van der Waals surface area contributed by atoms with Crippen LogP contribution in [0.25, 0.3) is 0 Å². The number of allylic oxidation sites excluding steroid dienone is 1. The van der Waals surface area contributed by atoms with Crippen molar-refractivity contribution in [1.82, 2.24) is 37.2 Å². The van der Waals surface area contributed by atoms with Crippen molar-refractivity contribution in [1.29, 1.82) is 0 Å². The highest BCUT2D eigenvalue weighted by Gasteiger charge is 2.24. The molecule has 19 heteroatoms. The number of Topliss-reactive ketones (excluding diaryl/α,β-unsaturated/α-hetero) is 1. The number of carbonyl (C=O) groups excluding carboxylic acids is 8. The first-order valence-corrected chi connectivity index (χ1v) is 14.8. The van der Waals surface area contributed by atoms with Gasteiger partial charge in [-0.3, -0.25) is 38.4 Å². The van der Waals surface area contributed by atoms with Crippen LogP contribution in [0.3, 0.4) is 0 Å². The molecule has 0 fully saturated rings. The molecule has 0 aliphatic heterocycles. The Morgan fingerprint density at radius 3 is 2.00 bits per heavy atom. The smallest absolute Gasteiger partial charge is 0.253 e. The summed E-state index contributed by atoms with van der Waals surface area (Å²) in [4.78, 5) is 94.1. The average molecular weight is 663 g/mol. The molecule has 0 rings (SSSR count). The molecule has 16 nitrogen and oxygen atoms in total. The van der Waals surface area contributed by atoms with E-state index in [1.807, 2.05) is 0 Å². The minimum absolute atomic E-state index is 0.0575. The molecule has 0 spiro atoms. The molecule has 0 bridgehead atoms. The second-order valence-electron chi connectivity index (χ2n) is 8.73. The summed E-state index contributed by atoms with van der Waals surface area (Å²) in [5.41, 5.74) is 5.45. The maximum Gasteiger partial charge on any atom is 0.253 e. The summed E-state index contributed by atoms with van der Waals surface area (Å²) < 4.78 is 0. The van der Waals surface area contributed by atoms with E-state index in [0.29, 0.717) is 17.9 Å². The molecule has 240 valence electrons. The van der Waals surface area contributed by atoms with Crippen LogP contribution in [0.4, 0.5) is 0 Å². The van der Waals surface area contributed by atoms with Crippen molar-refractivity contribution in [3.8, 4) is 0 Å². The van der Waals surface area contributed by atoms with Crippen molar-refractivity contribution in [3.63, 3.8) is 0 Å². The van der Waals surface area contributed by atoms with E-state index in [9.17, 15) is 38.4 Å². The quantitative estimate of drug-likeness (QED) is 0.0428. The molecular formula is C24H38N8O8S3. The predicted octanol–water partition coefficient (Wildman–Crippen LogP) is -3.56. The molecule has 9 N–H and O–H groups in total. The fourth-order valence-corrected chi connectivity index (χ4v) is 3.68. The van der Waals surface area contributed by atoms with Crippen LogP contribution in [0.5, 0.6) is 0 Å². The van der Waals surface area contributed by atoms with Gasteiger partial charge in [-0.2, -0.15) is 12.6 Å². The van der Waals surface area contributed by atoms with Gasteiger partial charge in [0.15, 0.2) is 5.37 Å². The van der Waals surface area contributed by atoms with E-state index in [4.69, 9.17) is 5.73 Å². The van der Waals surface area contributed by atoms with E-state index < -0.39 is 78.4 Å². The number of nitrogens with two attached hydrogens (primary N) is 1. The van der Waals surface area contributed by atoms with Crippen molar-refractivity contribution < 1.29 is 38.4 Å². The van der Waals surface area contributed by atoms with Crippen molar-refractivity contribution in [2.24, 2.45) is 5.73 Å². The van der Waals surface area contributed by atoms with Crippen LogP contribution >= 0.6 is 37.0 Å². The number of rotatable bonds is 21. The average Bonchev–Trinajstić information content (AvgIpc) is 2.94. The lowest BCUT2D eigenvalue weighted by molar-refractivity contribution is -0.132. The first kappa shape index (κ1) is 39.3. The largest absolute Gasteiger partial charge is 0.380 e. The number of ketones is 1. The van der Waals surface area contributed by atoms with E-state index >= 15 is 0 Å². The van der Waals surface area contributed by atoms with Crippen LogP contribution < -0.4 is 43.0 Å². The Morgan fingerprint density at radius 1 is 0.814 bits per heavy atom. The molecule has 0 saturated carbocycles. The first-order valence-electron chi connectivity index (χ1n) is 12.6. The van der Waals surface area contributed by atoms with Crippen molar-refractivity contribution >= 4 is 84.2 Å². The van der Waals surface area contributed by atoms with Gasteiger partial charge in [-0.05, 0) is 19.3 Å². The predicted molar refractivity (Wildman–Crippen MR) is 167 cm³/mol. The normalized spacial score (nSPS) is 12.6. The Morgan fingerprint density at radius 2 is 1.40 bits per heavy atom. The molecule has 43 heavy (non-hydrogen) atoms. The first-order chi connectivity index (χ1) is 20.2. The number of thiol groups is 2. The Hall–Kier alpha value is -3.71. The van der Waals surface area contributed by atoms with Crippen LogP contribution in [0.15, 0.2) is 23.8 Å². The van der Waals surface area contributed by atoms with Crippen LogP contribution in [-0.2, 0) is 38.4 Å². The molecule has 0 radical (unpaired) electrons. The Bertz CT molecular complexity index is 1090. The lowest BCUT2D eigenvalue weighted by Crippen LogP contribution is -2.55. The van der Waals surface area contributed by atoms with Crippen LogP contribution in [0.1, 0.15) is 20.3 Å². The van der Waals surface area contributed by atoms with Crippen LogP contribution in [0.2, 0.25) is 0 Å². The summed E-state index contributed by atoms with van der Waals surface area (Å²) in [5.74, 6) is -4.63. The zero-order valence-corrected chi connectivity index (χ0v) is 26.3. The standard InChI is InChI=1S/C24H38N8O8S3/c1-13(5-4-6-43-12-14(2)33)26-9-19(36)31-16(11-41)22(39)30-15(3)21(38)29-8-18(35)27-10-20(37)32-24(42)23(40)28-7-17(25)34/h4,6,15-16,24,26,41-42H,1,5,7-12H2,2-3H3,(H2,25,34)(H,27,35)(H,28,40)(H,29,38)(H,30,39)(H,31,36)(H,32,37). The summed E-state index contributed by atoms with van der Waals surface area (Å²) in [6, 6.07) is -2.14. The van der Waals surface area contributed by atoms with Gasteiger partial charge >= 0.3 is 0 Å². The SMILES string of the molecule is C=C(CC=CSCC(C)=O)NCC(=O)NC(CS)C(=O)NC(C)C(=O)NCC(=O)NCC(=O)NC(S)C(=O)NCC(N)=O. The van der Waals surface area contributed by atoms with Crippen molar-refractivity contribution in [2.45, 2.75) is 37.7 Å². The van der Waals surface area contributed by atoms with Crippen LogP contribution in [-0.4, -0.2) is 102 Å². The third-order valence-corrected chi connectivity index (χ3v) is 6.47. The molecular weight excluding hydrogens is 625 g/mol. The summed E-state index contributed by atoms with van der Waals surface area (Å²) in [6.07, 6.45) is 2.22. The van der Waals surface area contributed by atoms with Crippen molar-refractivity contribution in [3.05, 3.63) is 23.8 Å². The Kier molecular flexibility index (Phi) is 20.0. The number of nitrogens with one attached hydrogen (secondary N) is 7. The van der Waals surface area contributed by atoms with E-state index in [-0.39, 0.29) is 18.1 Å². The maximum atomic E-state index is 12.5. The van der Waals surface area contributed by atoms with E-state index in [2.05, 4.69) is 69.1 Å². The Labute approximate surface area is 264 Å². The fraction of sp³-hybridized carbons (Fsp3) is 0.500. The van der Waals surface area contributed by atoms with E-state index in [1.165, 1.54) is 25.6 Å². The summed E-state index contributed by atoms with van der Waals surface area (Å²) >= 11 is 9.28. The topological polar surface area (TPSA) is 247 Å². The molecule has 0 aliphatic carbocycles. The fourth-order valence-electron chi connectivity index (χ4n) is 2.62. The van der Waals surface area contributed by atoms with Gasteiger partial charge in [-0.1, -0.05) is 12.7 Å². The third kappa shape index (κ3) is 19.9. The number of thioether (sulfide) groups is 1. The van der Waals surface area contributed by atoms with Crippen molar-refractivity contribution in [2.75, 3.05) is 37.7 Å². The number of amides is 7. The number of primary amides is 1. The molecule has 0 aliphatic rings. The lowest BCUT2D eigenvalue weighted by atomic mass is 10.2. The summed E-state index contributed by atoms with van der Waals surface area (Å²) in [7, 11) is 0. The maximum absolute atomic E-state index is 12.5. The number of carbonyl (C=O) groups is 8. The highest BCUT2D eigenvalue weighted by Crippen LogP contribution is 2.04. The molecule has 0 saturated heterocycles. The molecule has 0 aromatic carbocycles. The van der Waals surface area contributed by atoms with Gasteiger partial charge in [-0.25, -0.2) is 0 Å². The number of hydrogen-bond donors (Lipinski definition) is 10. The molecule has 3 unspecified atom stereocenters. The summed E-state index contributed by atoms with van der Waals surface area (Å²) in [6.45, 7) is 4.98. The second kappa shape index (κ2) is 21.9. The van der Waals surface area contributed by atoms with Gasteiger partial charge in [-0.15, -0.1) is 24.4 Å². The van der Waals surface area contributed by atoms with E-state index in [1.54, 1.807) is 11.5 Å². The van der Waals surface area contributed by atoms with Gasteiger partial charge < -0.3 is 43.0 Å². The van der Waals surface area contributed by atoms with E-state index in [0.717, 1.165) is 0 Å². The van der Waals surface area contributed by atoms with Gasteiger partial charge in [0.05, 0.1) is 31.9 Å². The minimum atomic E-state index is -1.30. The zero-order valence-electron chi connectivity index (χ0n) is 23.7. The second-order valence-corrected chi connectivity index (χ2v) is 10.5. The highest BCUT2D eigenvalue weighted by atomic mass is 32.2. The highest BCUT2D eigenvalue weighted by molar-refractivity contribution is 8.02. The van der Waals surface area contributed by atoms with Crippen LogP contribution in [0, 0.1) is 0 Å². The zero-order chi connectivity index (χ0) is 32.9. The number of hydrogen-bond acceptors (Lipinski definition) is 12. The molecule has 0 heterocycles. The molecule has 3 atom stereocenters. The van der Waals surface area contributed by atoms with Gasteiger partial charge in [0, 0.05) is 17.9 Å². The van der Waals surface area contributed by atoms with Gasteiger partial charge in [0.2, 0.25) is 35.4 Å². The summed E-state index contributed by atoms with van der Waals surface area (Å²) in [5, 5.41) is 17.0. The third-order valence-electron chi connectivity index (χ3n) is 4.78. The monoisotopic (exact) mass is 662 g/mol. The minimum Gasteiger partial charge on any atom is -0.380 e. The lowest BCUT2D eigenvalue weighted by Gasteiger charge is -2.20. The van der Waals surface area contributed by atoms with Gasteiger partial charge in [0.25, 0.3) is 5.91 Å². The Balaban J connectivity index is 4.43.